The van der Waals surface area contributed by atoms with Gasteiger partial charge in [0.15, 0.2) is 11.5 Å². The zero-order valence-corrected chi connectivity index (χ0v) is 16.1. The number of hydrogen-bond donors (Lipinski definition) is 1. The smallest absolute Gasteiger partial charge is 0.251 e. The molecule has 3 rings (SSSR count). The molecule has 1 unspecified atom stereocenters. The average Bonchev–Trinajstić information content (AvgIpc) is 3.27. The Morgan fingerprint density at radius 3 is 2.79 bits per heavy atom. The number of hydrogen-bond acceptors (Lipinski definition) is 6. The van der Waals surface area contributed by atoms with Gasteiger partial charge in [0.05, 0.1) is 25.4 Å². The number of carbonyl (C=O) groups excluding carboxylic acids is 1. The van der Waals surface area contributed by atoms with Crippen molar-refractivity contribution in [2.24, 2.45) is 0 Å². The average molecular weight is 381 g/mol. The second-order valence-corrected chi connectivity index (χ2v) is 6.26. The molecule has 146 valence electrons. The number of nitrogens with zero attached hydrogens (tertiary/aromatic N) is 4. The van der Waals surface area contributed by atoms with Crippen LogP contribution >= 0.6 is 0 Å². The molecule has 0 bridgehead atoms. The molecular weight excluding hydrogens is 358 g/mol. The lowest BCUT2D eigenvalue weighted by molar-refractivity contribution is 0.0940. The molecule has 1 amide bonds. The minimum absolute atomic E-state index is 0.187. The maximum Gasteiger partial charge on any atom is 0.251 e. The van der Waals surface area contributed by atoms with Crippen LogP contribution in [0.3, 0.4) is 0 Å². The van der Waals surface area contributed by atoms with Crippen molar-refractivity contribution in [3.63, 3.8) is 0 Å². The fraction of sp³-hybridized carbons (Fsp3) is 0.300. The van der Waals surface area contributed by atoms with Crippen molar-refractivity contribution in [1.82, 2.24) is 25.5 Å². The van der Waals surface area contributed by atoms with Crippen molar-refractivity contribution in [3.8, 4) is 17.2 Å². The van der Waals surface area contributed by atoms with Gasteiger partial charge in [0.2, 0.25) is 0 Å². The Labute approximate surface area is 163 Å². The second-order valence-electron chi connectivity index (χ2n) is 6.26. The van der Waals surface area contributed by atoms with Crippen LogP contribution < -0.4 is 14.8 Å². The van der Waals surface area contributed by atoms with Crippen molar-refractivity contribution >= 4 is 5.91 Å². The zero-order valence-electron chi connectivity index (χ0n) is 16.1. The molecule has 0 aliphatic heterocycles. The normalized spacial score (nSPS) is 11.7. The maximum absolute atomic E-state index is 12.7. The molecule has 1 N–H and O–H groups in total. The molecule has 1 atom stereocenters. The fourth-order valence-electron chi connectivity index (χ4n) is 2.72. The van der Waals surface area contributed by atoms with Crippen LogP contribution in [-0.4, -0.2) is 39.8 Å². The van der Waals surface area contributed by atoms with Crippen molar-refractivity contribution in [2.45, 2.75) is 26.3 Å². The largest absolute Gasteiger partial charge is 0.493 e. The summed E-state index contributed by atoms with van der Waals surface area (Å²) in [6.07, 6.45) is 2.40. The van der Waals surface area contributed by atoms with Gasteiger partial charge < -0.3 is 14.8 Å². The van der Waals surface area contributed by atoms with E-state index in [4.69, 9.17) is 9.47 Å². The number of ether oxygens (including phenoxy) is 2. The Hall–Kier alpha value is -3.42. The van der Waals surface area contributed by atoms with Crippen molar-refractivity contribution in [1.29, 1.82) is 0 Å². The molecule has 28 heavy (non-hydrogen) atoms. The van der Waals surface area contributed by atoms with Gasteiger partial charge in [0.25, 0.3) is 5.91 Å². The number of nitrogens with one attached hydrogen (secondary N) is 1. The summed E-state index contributed by atoms with van der Waals surface area (Å²) in [6.45, 7) is 4.59. The SMILES string of the molecule is CCCOc1ccc(C(C)NC(=O)c2cccc(-n3cnnn3)c2)cc1OC. The predicted octanol–water partition coefficient (Wildman–Crippen LogP) is 2.95. The fourth-order valence-corrected chi connectivity index (χ4v) is 2.72. The maximum atomic E-state index is 12.7. The van der Waals surface area contributed by atoms with Gasteiger partial charge in [-0.25, -0.2) is 4.68 Å². The molecule has 1 aromatic heterocycles. The molecule has 3 aromatic rings. The molecular formula is C20H23N5O3. The van der Waals surface area contributed by atoms with E-state index in [0.717, 1.165) is 12.0 Å². The Morgan fingerprint density at radius 1 is 1.21 bits per heavy atom. The standard InChI is InChI=1S/C20H23N5O3/c1-4-10-28-18-9-8-15(12-19(18)27-3)14(2)22-20(26)16-6-5-7-17(11-16)25-13-21-23-24-25/h5-9,11-14H,4,10H2,1-3H3,(H,22,26). The summed E-state index contributed by atoms with van der Waals surface area (Å²) in [5.41, 5.74) is 2.16. The number of methoxy groups -OCH3 is 1. The van der Waals surface area contributed by atoms with Gasteiger partial charge in [0, 0.05) is 5.56 Å². The first-order valence-electron chi connectivity index (χ1n) is 9.07. The number of tetrazole rings is 1. The van der Waals surface area contributed by atoms with Gasteiger partial charge in [-0.2, -0.15) is 0 Å². The summed E-state index contributed by atoms with van der Waals surface area (Å²) in [7, 11) is 1.60. The highest BCUT2D eigenvalue weighted by molar-refractivity contribution is 5.95. The van der Waals surface area contributed by atoms with Crippen LogP contribution in [0.25, 0.3) is 5.69 Å². The van der Waals surface area contributed by atoms with Crippen LogP contribution in [0, 0.1) is 0 Å². The number of aromatic nitrogens is 4. The third-order valence-electron chi connectivity index (χ3n) is 4.22. The van der Waals surface area contributed by atoms with E-state index in [0.29, 0.717) is 29.4 Å². The molecule has 0 spiro atoms. The monoisotopic (exact) mass is 381 g/mol. The summed E-state index contributed by atoms with van der Waals surface area (Å²) in [5, 5.41) is 14.1. The first-order valence-corrected chi connectivity index (χ1v) is 9.07. The van der Waals surface area contributed by atoms with Gasteiger partial charge in [-0.15, -0.1) is 5.10 Å². The lowest BCUT2D eigenvalue weighted by atomic mass is 10.1. The first kappa shape index (κ1) is 19.3. The van der Waals surface area contributed by atoms with Crippen LogP contribution in [0.15, 0.2) is 48.8 Å². The van der Waals surface area contributed by atoms with Gasteiger partial charge >= 0.3 is 0 Å². The molecule has 0 aliphatic carbocycles. The first-order chi connectivity index (χ1) is 13.6. The molecule has 8 nitrogen and oxygen atoms in total. The summed E-state index contributed by atoms with van der Waals surface area (Å²) < 4.78 is 12.6. The zero-order chi connectivity index (χ0) is 19.9. The summed E-state index contributed by atoms with van der Waals surface area (Å²) >= 11 is 0. The van der Waals surface area contributed by atoms with E-state index >= 15 is 0 Å². The van der Waals surface area contributed by atoms with Crippen molar-refractivity contribution < 1.29 is 14.3 Å². The Bertz CT molecular complexity index is 927. The van der Waals surface area contributed by atoms with E-state index in [-0.39, 0.29) is 11.9 Å². The van der Waals surface area contributed by atoms with Gasteiger partial charge in [-0.3, -0.25) is 4.79 Å². The molecule has 8 heteroatoms. The molecule has 2 aromatic carbocycles. The van der Waals surface area contributed by atoms with Crippen molar-refractivity contribution in [2.75, 3.05) is 13.7 Å². The molecule has 0 aliphatic rings. The van der Waals surface area contributed by atoms with Crippen LogP contribution in [0.4, 0.5) is 0 Å². The molecule has 0 radical (unpaired) electrons. The number of carbonyl (C=O) groups is 1. The minimum Gasteiger partial charge on any atom is -0.493 e. The van der Waals surface area contributed by atoms with Gasteiger partial charge in [-0.1, -0.05) is 19.1 Å². The van der Waals surface area contributed by atoms with Gasteiger partial charge in [-0.05, 0) is 59.7 Å². The van der Waals surface area contributed by atoms with E-state index in [1.807, 2.05) is 38.1 Å². The highest BCUT2D eigenvalue weighted by atomic mass is 16.5. The third kappa shape index (κ3) is 4.46. The molecule has 1 heterocycles. The lowest BCUT2D eigenvalue weighted by Crippen LogP contribution is -2.26. The van der Waals surface area contributed by atoms with E-state index in [1.165, 1.54) is 11.0 Å². The van der Waals surface area contributed by atoms with Crippen LogP contribution in [-0.2, 0) is 0 Å². The topological polar surface area (TPSA) is 91.2 Å². The van der Waals surface area contributed by atoms with E-state index in [9.17, 15) is 4.79 Å². The van der Waals surface area contributed by atoms with Crippen molar-refractivity contribution in [3.05, 3.63) is 59.9 Å². The molecule has 0 saturated carbocycles. The predicted molar refractivity (Wildman–Crippen MR) is 104 cm³/mol. The minimum atomic E-state index is -0.210. The Morgan fingerprint density at radius 2 is 2.07 bits per heavy atom. The highest BCUT2D eigenvalue weighted by Gasteiger charge is 2.15. The van der Waals surface area contributed by atoms with Gasteiger partial charge in [0.1, 0.15) is 6.33 Å². The van der Waals surface area contributed by atoms with Crippen LogP contribution in [0.1, 0.15) is 42.2 Å². The second kappa shape index (κ2) is 8.98. The number of rotatable bonds is 8. The number of amides is 1. The van der Waals surface area contributed by atoms with Crippen LogP contribution in [0.5, 0.6) is 11.5 Å². The quantitative estimate of drug-likeness (QED) is 0.645. The highest BCUT2D eigenvalue weighted by Crippen LogP contribution is 2.30. The van der Waals surface area contributed by atoms with E-state index in [1.54, 1.807) is 25.3 Å². The third-order valence-corrected chi connectivity index (χ3v) is 4.22. The Kier molecular flexibility index (Phi) is 6.21. The lowest BCUT2D eigenvalue weighted by Gasteiger charge is -2.17. The summed E-state index contributed by atoms with van der Waals surface area (Å²) in [5.74, 6) is 1.15. The molecule has 0 saturated heterocycles. The van der Waals surface area contributed by atoms with Crippen LogP contribution in [0.2, 0.25) is 0 Å². The number of benzene rings is 2. The van der Waals surface area contributed by atoms with E-state index < -0.39 is 0 Å². The Balaban J connectivity index is 1.73. The van der Waals surface area contributed by atoms with E-state index in [2.05, 4.69) is 20.8 Å². The summed E-state index contributed by atoms with van der Waals surface area (Å²) in [6, 6.07) is 12.6. The molecule has 0 fully saturated rings. The summed E-state index contributed by atoms with van der Waals surface area (Å²) in [4.78, 5) is 12.7.